The quantitative estimate of drug-likeness (QED) is 0.528. The van der Waals surface area contributed by atoms with Crippen LogP contribution in [0, 0.1) is 5.41 Å². The number of amidine groups is 1. The summed E-state index contributed by atoms with van der Waals surface area (Å²) in [5.74, 6) is 0.172. The van der Waals surface area contributed by atoms with Gasteiger partial charge in [0.25, 0.3) is 0 Å². The van der Waals surface area contributed by atoms with Crippen molar-refractivity contribution in [1.82, 2.24) is 10.6 Å². The Kier molecular flexibility index (Phi) is 2.47. The molecule has 3 N–H and O–H groups in total. The van der Waals surface area contributed by atoms with Gasteiger partial charge in [0.15, 0.2) is 0 Å². The highest BCUT2D eigenvalue weighted by Gasteiger charge is 2.18. The van der Waals surface area contributed by atoms with Crippen molar-refractivity contribution in [2.24, 2.45) is 0 Å². The zero-order valence-electron chi connectivity index (χ0n) is 7.32. The molecule has 1 saturated heterocycles. The summed E-state index contributed by atoms with van der Waals surface area (Å²) in [7, 11) is 1.81. The molecule has 4 nitrogen and oxygen atoms in total. The zero-order valence-corrected chi connectivity index (χ0v) is 7.32. The molecule has 0 unspecified atom stereocenters. The van der Waals surface area contributed by atoms with Gasteiger partial charge < -0.3 is 10.6 Å². The smallest absolute Gasteiger partial charge is 0.225 e. The molecular weight excluding hydrogens is 154 g/mol. The van der Waals surface area contributed by atoms with E-state index in [2.05, 4.69) is 10.6 Å². The van der Waals surface area contributed by atoms with Crippen LogP contribution in [-0.2, 0) is 4.79 Å². The third kappa shape index (κ3) is 1.64. The van der Waals surface area contributed by atoms with Crippen molar-refractivity contribution in [1.29, 1.82) is 5.41 Å². The van der Waals surface area contributed by atoms with E-state index in [0.717, 1.165) is 11.3 Å². The molecule has 1 heterocycles. The summed E-state index contributed by atoms with van der Waals surface area (Å²) in [5, 5.41) is 12.9. The Morgan fingerprint density at radius 3 is 2.75 bits per heavy atom. The summed E-state index contributed by atoms with van der Waals surface area (Å²) in [6, 6.07) is 0. The predicted octanol–water partition coefficient (Wildman–Crippen LogP) is 0.367. The number of carbonyl (C=O) groups excluding carboxylic acids is 1. The molecule has 0 atom stereocenters. The second-order valence-electron chi connectivity index (χ2n) is 2.78. The molecule has 0 bridgehead atoms. The Morgan fingerprint density at radius 2 is 2.25 bits per heavy atom. The molecule has 0 aromatic heterocycles. The number of piperidine rings is 1. The molecule has 0 saturated carbocycles. The van der Waals surface area contributed by atoms with E-state index in [-0.39, 0.29) is 11.7 Å². The summed E-state index contributed by atoms with van der Waals surface area (Å²) in [5.41, 5.74) is 1.86. The third-order valence-electron chi connectivity index (χ3n) is 2.00. The number of nitrogens with one attached hydrogen (secondary N) is 3. The van der Waals surface area contributed by atoms with Crippen LogP contribution in [0.5, 0.6) is 0 Å². The van der Waals surface area contributed by atoms with E-state index in [1.807, 2.05) is 14.0 Å². The fourth-order valence-corrected chi connectivity index (χ4v) is 1.17. The molecule has 0 radical (unpaired) electrons. The molecule has 66 valence electrons. The maximum absolute atomic E-state index is 10.8. The summed E-state index contributed by atoms with van der Waals surface area (Å²) in [6.45, 7) is 1.90. The van der Waals surface area contributed by atoms with Crippen molar-refractivity contribution in [3.63, 3.8) is 0 Å². The van der Waals surface area contributed by atoms with Crippen molar-refractivity contribution in [2.45, 2.75) is 19.8 Å². The van der Waals surface area contributed by atoms with E-state index in [4.69, 9.17) is 5.41 Å². The van der Waals surface area contributed by atoms with Gasteiger partial charge in [-0.05, 0) is 13.3 Å². The van der Waals surface area contributed by atoms with Crippen LogP contribution in [-0.4, -0.2) is 18.8 Å². The van der Waals surface area contributed by atoms with Crippen molar-refractivity contribution >= 4 is 11.7 Å². The number of rotatable bonds is 1. The van der Waals surface area contributed by atoms with Crippen LogP contribution in [0.15, 0.2) is 11.3 Å². The molecule has 1 fully saturated rings. The fourth-order valence-electron chi connectivity index (χ4n) is 1.17. The average molecular weight is 167 g/mol. The first-order valence-corrected chi connectivity index (χ1v) is 3.91. The Balaban J connectivity index is 2.81. The second-order valence-corrected chi connectivity index (χ2v) is 2.78. The maximum atomic E-state index is 10.8. The number of carbonyl (C=O) groups is 1. The second kappa shape index (κ2) is 3.38. The van der Waals surface area contributed by atoms with Gasteiger partial charge in [0.1, 0.15) is 5.84 Å². The van der Waals surface area contributed by atoms with Gasteiger partial charge in [-0.15, -0.1) is 0 Å². The minimum absolute atomic E-state index is 0.0624. The first kappa shape index (κ1) is 8.77. The minimum atomic E-state index is -0.0624. The van der Waals surface area contributed by atoms with Crippen molar-refractivity contribution < 1.29 is 4.79 Å². The standard InChI is InChI=1S/C8H13N3O/c1-5(10-2)6-3-4-7(12)11-8(6)9/h10H,3-4H2,1-2H3,(H2,9,11,12)/b6-5-. The fraction of sp³-hybridized carbons (Fsp3) is 0.500. The van der Waals surface area contributed by atoms with E-state index >= 15 is 0 Å². The number of hydrogen-bond acceptors (Lipinski definition) is 3. The highest BCUT2D eigenvalue weighted by atomic mass is 16.1. The lowest BCUT2D eigenvalue weighted by Gasteiger charge is -2.18. The molecule has 0 aromatic rings. The topological polar surface area (TPSA) is 65.0 Å². The number of amides is 1. The summed E-state index contributed by atoms with van der Waals surface area (Å²) < 4.78 is 0. The SMILES string of the molecule is CN/C(C)=C1/CCC(=O)NC1=N. The van der Waals surface area contributed by atoms with Gasteiger partial charge in [0.2, 0.25) is 5.91 Å². The molecule has 1 aliphatic heterocycles. The molecule has 0 aromatic carbocycles. The largest absolute Gasteiger partial charge is 0.391 e. The number of hydrogen-bond donors (Lipinski definition) is 3. The van der Waals surface area contributed by atoms with Crippen molar-refractivity contribution in [3.8, 4) is 0 Å². The van der Waals surface area contributed by atoms with Crippen LogP contribution in [0.25, 0.3) is 0 Å². The maximum Gasteiger partial charge on any atom is 0.225 e. The van der Waals surface area contributed by atoms with Gasteiger partial charge in [-0.2, -0.15) is 0 Å². The predicted molar refractivity (Wildman–Crippen MR) is 46.9 cm³/mol. The van der Waals surface area contributed by atoms with E-state index in [0.29, 0.717) is 12.8 Å². The first-order chi connectivity index (χ1) is 5.65. The average Bonchev–Trinajstić information content (AvgIpc) is 2.03. The highest BCUT2D eigenvalue weighted by molar-refractivity contribution is 6.08. The Morgan fingerprint density at radius 1 is 1.58 bits per heavy atom. The first-order valence-electron chi connectivity index (χ1n) is 3.91. The molecular formula is C8H13N3O. The zero-order chi connectivity index (χ0) is 9.14. The highest BCUT2D eigenvalue weighted by Crippen LogP contribution is 2.13. The normalized spacial score (nSPS) is 21.8. The Labute approximate surface area is 71.5 Å². The Hall–Kier alpha value is -1.32. The van der Waals surface area contributed by atoms with Crippen LogP contribution < -0.4 is 10.6 Å². The van der Waals surface area contributed by atoms with Crippen LogP contribution in [0.2, 0.25) is 0 Å². The van der Waals surface area contributed by atoms with E-state index in [9.17, 15) is 4.79 Å². The summed E-state index contributed by atoms with van der Waals surface area (Å²) >= 11 is 0. The Bertz CT molecular complexity index is 255. The summed E-state index contributed by atoms with van der Waals surface area (Å²) in [6.07, 6.45) is 1.15. The molecule has 0 spiro atoms. The molecule has 1 aliphatic rings. The summed E-state index contributed by atoms with van der Waals surface area (Å²) in [4.78, 5) is 10.8. The van der Waals surface area contributed by atoms with E-state index < -0.39 is 0 Å². The van der Waals surface area contributed by atoms with Gasteiger partial charge in [0, 0.05) is 24.7 Å². The van der Waals surface area contributed by atoms with Crippen molar-refractivity contribution in [3.05, 3.63) is 11.3 Å². The monoisotopic (exact) mass is 167 g/mol. The molecule has 0 aliphatic carbocycles. The van der Waals surface area contributed by atoms with Gasteiger partial charge in [-0.1, -0.05) is 0 Å². The molecule has 1 rings (SSSR count). The van der Waals surface area contributed by atoms with Crippen LogP contribution in [0.3, 0.4) is 0 Å². The lowest BCUT2D eigenvalue weighted by Crippen LogP contribution is -2.36. The third-order valence-corrected chi connectivity index (χ3v) is 2.00. The van der Waals surface area contributed by atoms with Crippen LogP contribution >= 0.6 is 0 Å². The van der Waals surface area contributed by atoms with Gasteiger partial charge in [-0.25, -0.2) is 0 Å². The van der Waals surface area contributed by atoms with Crippen LogP contribution in [0.1, 0.15) is 19.8 Å². The molecule has 12 heavy (non-hydrogen) atoms. The van der Waals surface area contributed by atoms with Gasteiger partial charge >= 0.3 is 0 Å². The molecule has 4 heteroatoms. The van der Waals surface area contributed by atoms with Gasteiger partial charge in [-0.3, -0.25) is 10.2 Å². The van der Waals surface area contributed by atoms with E-state index in [1.165, 1.54) is 0 Å². The number of allylic oxidation sites excluding steroid dienone is 1. The lowest BCUT2D eigenvalue weighted by atomic mass is 10.0. The van der Waals surface area contributed by atoms with Crippen molar-refractivity contribution in [2.75, 3.05) is 7.05 Å². The van der Waals surface area contributed by atoms with Gasteiger partial charge in [0.05, 0.1) is 0 Å². The minimum Gasteiger partial charge on any atom is -0.391 e. The van der Waals surface area contributed by atoms with Crippen LogP contribution in [0.4, 0.5) is 0 Å². The molecule has 1 amide bonds. The van der Waals surface area contributed by atoms with E-state index in [1.54, 1.807) is 0 Å². The lowest BCUT2D eigenvalue weighted by molar-refractivity contribution is -0.119.